The van der Waals surface area contributed by atoms with Crippen molar-refractivity contribution in [1.82, 2.24) is 15.1 Å². The van der Waals surface area contributed by atoms with Crippen molar-refractivity contribution in [2.75, 3.05) is 39.4 Å². The summed E-state index contributed by atoms with van der Waals surface area (Å²) < 4.78 is 5.33. The summed E-state index contributed by atoms with van der Waals surface area (Å²) in [5.74, 6) is 0.122. The zero-order valence-electron chi connectivity index (χ0n) is 12.6. The van der Waals surface area contributed by atoms with Gasteiger partial charge < -0.3 is 15.0 Å². The van der Waals surface area contributed by atoms with Crippen LogP contribution in [-0.4, -0.2) is 72.6 Å². The van der Waals surface area contributed by atoms with Crippen LogP contribution in [0.15, 0.2) is 0 Å². The summed E-state index contributed by atoms with van der Waals surface area (Å²) in [7, 11) is 0. The molecule has 1 atom stereocenters. The number of morpholine rings is 1. The van der Waals surface area contributed by atoms with Crippen molar-refractivity contribution in [1.29, 1.82) is 0 Å². The third-order valence-corrected chi connectivity index (χ3v) is 4.29. The number of hydrogen-bond acceptors (Lipinski definition) is 4. The number of hydrogen-bond donors (Lipinski definition) is 1. The van der Waals surface area contributed by atoms with E-state index in [1.165, 1.54) is 0 Å². The molecule has 2 saturated heterocycles. The number of nitrogens with zero attached hydrogens (tertiary/aromatic N) is 2. The van der Waals surface area contributed by atoms with Crippen LogP contribution in [0.1, 0.15) is 27.2 Å². The molecule has 0 spiro atoms. The van der Waals surface area contributed by atoms with E-state index in [0.717, 1.165) is 13.1 Å². The molecule has 0 aromatic rings. The molecule has 114 valence electrons. The van der Waals surface area contributed by atoms with Crippen molar-refractivity contribution in [2.24, 2.45) is 0 Å². The van der Waals surface area contributed by atoms with E-state index in [-0.39, 0.29) is 17.9 Å². The van der Waals surface area contributed by atoms with Crippen LogP contribution in [0.2, 0.25) is 0 Å². The summed E-state index contributed by atoms with van der Waals surface area (Å²) in [6.07, 6.45) is 0.415. The topological polar surface area (TPSA) is 61.9 Å². The Labute approximate surface area is 120 Å². The Morgan fingerprint density at radius 1 is 1.40 bits per heavy atom. The summed E-state index contributed by atoms with van der Waals surface area (Å²) in [6.45, 7) is 10.0. The highest BCUT2D eigenvalue weighted by Gasteiger charge is 2.38. The number of carbonyl (C=O) groups excluding carboxylic acids is 2. The molecule has 0 bridgehead atoms. The van der Waals surface area contributed by atoms with Crippen LogP contribution < -0.4 is 5.32 Å². The van der Waals surface area contributed by atoms with Crippen molar-refractivity contribution in [2.45, 2.75) is 38.8 Å². The van der Waals surface area contributed by atoms with Gasteiger partial charge in [-0.05, 0) is 20.8 Å². The molecule has 6 nitrogen and oxygen atoms in total. The Morgan fingerprint density at radius 3 is 2.60 bits per heavy atom. The number of amides is 2. The number of rotatable bonds is 4. The molecule has 20 heavy (non-hydrogen) atoms. The average Bonchev–Trinajstić information content (AvgIpc) is 2.79. The summed E-state index contributed by atoms with van der Waals surface area (Å²) in [5.41, 5.74) is -0.563. The van der Waals surface area contributed by atoms with Gasteiger partial charge in [0.2, 0.25) is 11.8 Å². The standard InChI is InChI=1S/C14H25N3O3/c1-4-16-10-11(9-12(16)18)15-13(19)14(2,3)17-5-7-20-8-6-17/h11H,4-10H2,1-3H3,(H,15,19). The van der Waals surface area contributed by atoms with Crippen molar-refractivity contribution in [3.8, 4) is 0 Å². The zero-order chi connectivity index (χ0) is 14.8. The molecule has 2 heterocycles. The predicted molar refractivity (Wildman–Crippen MR) is 75.3 cm³/mol. The van der Waals surface area contributed by atoms with Crippen LogP contribution in [0, 0.1) is 0 Å². The van der Waals surface area contributed by atoms with E-state index in [1.54, 1.807) is 4.90 Å². The lowest BCUT2D eigenvalue weighted by Crippen LogP contribution is -2.59. The van der Waals surface area contributed by atoms with Gasteiger partial charge in [0.25, 0.3) is 0 Å². The maximum atomic E-state index is 12.5. The molecule has 0 aromatic carbocycles. The molecule has 6 heteroatoms. The van der Waals surface area contributed by atoms with Gasteiger partial charge in [0.15, 0.2) is 0 Å². The predicted octanol–water partition coefficient (Wildman–Crippen LogP) is -0.166. The first-order valence-corrected chi connectivity index (χ1v) is 7.36. The molecule has 2 fully saturated rings. The SMILES string of the molecule is CCN1CC(NC(=O)C(C)(C)N2CCOCC2)CC1=O. The van der Waals surface area contributed by atoms with Crippen molar-refractivity contribution < 1.29 is 14.3 Å². The number of likely N-dealkylation sites (tertiary alicyclic amines) is 1. The first-order valence-electron chi connectivity index (χ1n) is 7.36. The highest BCUT2D eigenvalue weighted by Crippen LogP contribution is 2.18. The molecule has 1 unspecified atom stereocenters. The molecule has 0 saturated carbocycles. The quantitative estimate of drug-likeness (QED) is 0.778. The second-order valence-corrected chi connectivity index (χ2v) is 5.97. The second-order valence-electron chi connectivity index (χ2n) is 5.97. The van der Waals surface area contributed by atoms with Gasteiger partial charge in [0.05, 0.1) is 24.8 Å². The van der Waals surface area contributed by atoms with Crippen LogP contribution in [0.5, 0.6) is 0 Å². The summed E-state index contributed by atoms with van der Waals surface area (Å²) in [4.78, 5) is 28.1. The lowest BCUT2D eigenvalue weighted by Gasteiger charge is -2.39. The molecular weight excluding hydrogens is 258 g/mol. The van der Waals surface area contributed by atoms with E-state index in [1.807, 2.05) is 20.8 Å². The lowest BCUT2D eigenvalue weighted by atomic mass is 10.00. The molecule has 1 N–H and O–H groups in total. The molecule has 2 rings (SSSR count). The molecule has 0 aliphatic carbocycles. The Morgan fingerprint density at radius 2 is 2.05 bits per heavy atom. The van der Waals surface area contributed by atoms with Gasteiger partial charge >= 0.3 is 0 Å². The van der Waals surface area contributed by atoms with Gasteiger partial charge in [-0.25, -0.2) is 0 Å². The zero-order valence-corrected chi connectivity index (χ0v) is 12.6. The van der Waals surface area contributed by atoms with Crippen molar-refractivity contribution in [3.05, 3.63) is 0 Å². The normalized spacial score (nSPS) is 25.1. The summed E-state index contributed by atoms with van der Waals surface area (Å²) >= 11 is 0. The van der Waals surface area contributed by atoms with E-state index in [9.17, 15) is 9.59 Å². The minimum absolute atomic E-state index is 0.00449. The molecule has 0 aromatic heterocycles. The van der Waals surface area contributed by atoms with Crippen molar-refractivity contribution in [3.63, 3.8) is 0 Å². The fourth-order valence-corrected chi connectivity index (χ4v) is 2.80. The maximum absolute atomic E-state index is 12.5. The lowest BCUT2D eigenvalue weighted by molar-refractivity contribution is -0.135. The van der Waals surface area contributed by atoms with Gasteiger partial charge in [-0.2, -0.15) is 0 Å². The van der Waals surface area contributed by atoms with Crippen LogP contribution >= 0.6 is 0 Å². The van der Waals surface area contributed by atoms with Gasteiger partial charge in [-0.15, -0.1) is 0 Å². The van der Waals surface area contributed by atoms with Gasteiger partial charge in [0, 0.05) is 32.6 Å². The highest BCUT2D eigenvalue weighted by molar-refractivity contribution is 5.87. The van der Waals surface area contributed by atoms with Crippen LogP contribution in [0.3, 0.4) is 0 Å². The van der Waals surface area contributed by atoms with E-state index in [0.29, 0.717) is 32.7 Å². The average molecular weight is 283 g/mol. The minimum Gasteiger partial charge on any atom is -0.379 e. The fraction of sp³-hybridized carbons (Fsp3) is 0.857. The summed E-state index contributed by atoms with van der Waals surface area (Å²) in [5, 5.41) is 3.03. The second kappa shape index (κ2) is 6.10. The number of carbonyl (C=O) groups is 2. The Kier molecular flexibility index (Phi) is 4.65. The molecule has 2 amide bonds. The summed E-state index contributed by atoms with van der Waals surface area (Å²) in [6, 6.07) is -0.0599. The first-order chi connectivity index (χ1) is 9.45. The highest BCUT2D eigenvalue weighted by atomic mass is 16.5. The van der Waals surface area contributed by atoms with Crippen molar-refractivity contribution >= 4 is 11.8 Å². The Balaban J connectivity index is 1.92. The molecular formula is C14H25N3O3. The minimum atomic E-state index is -0.563. The number of nitrogens with one attached hydrogen (secondary N) is 1. The fourth-order valence-electron chi connectivity index (χ4n) is 2.80. The Bertz CT molecular complexity index is 378. The van der Waals surface area contributed by atoms with Gasteiger partial charge in [0.1, 0.15) is 0 Å². The molecule has 2 aliphatic rings. The van der Waals surface area contributed by atoms with Crippen LogP contribution in [0.25, 0.3) is 0 Å². The number of likely N-dealkylation sites (N-methyl/N-ethyl adjacent to an activating group) is 1. The molecule has 2 aliphatic heterocycles. The van der Waals surface area contributed by atoms with E-state index >= 15 is 0 Å². The van der Waals surface area contributed by atoms with Crippen LogP contribution in [0.4, 0.5) is 0 Å². The third kappa shape index (κ3) is 3.12. The van der Waals surface area contributed by atoms with E-state index in [2.05, 4.69) is 10.2 Å². The monoisotopic (exact) mass is 283 g/mol. The maximum Gasteiger partial charge on any atom is 0.240 e. The van der Waals surface area contributed by atoms with Gasteiger partial charge in [-0.1, -0.05) is 0 Å². The third-order valence-electron chi connectivity index (χ3n) is 4.29. The number of ether oxygens (including phenoxy) is 1. The first kappa shape index (κ1) is 15.3. The smallest absolute Gasteiger partial charge is 0.240 e. The van der Waals surface area contributed by atoms with E-state index < -0.39 is 5.54 Å². The van der Waals surface area contributed by atoms with Crippen LogP contribution in [-0.2, 0) is 14.3 Å². The largest absolute Gasteiger partial charge is 0.379 e. The Hall–Kier alpha value is -1.14. The van der Waals surface area contributed by atoms with E-state index in [4.69, 9.17) is 4.74 Å². The molecule has 0 radical (unpaired) electrons. The van der Waals surface area contributed by atoms with Gasteiger partial charge in [-0.3, -0.25) is 14.5 Å².